The average molecular weight is 345 g/mol. The van der Waals surface area contributed by atoms with Gasteiger partial charge in [0.25, 0.3) is 5.91 Å². The highest BCUT2D eigenvalue weighted by Crippen LogP contribution is 2.17. The van der Waals surface area contributed by atoms with E-state index in [2.05, 4.69) is 20.4 Å². The molecular weight excluding hydrogens is 326 g/mol. The van der Waals surface area contributed by atoms with Crippen LogP contribution in [0.3, 0.4) is 0 Å². The third kappa shape index (κ3) is 3.35. The Labute approximate surface area is 150 Å². The van der Waals surface area contributed by atoms with Gasteiger partial charge in [0.05, 0.1) is 6.54 Å². The predicted octanol–water partition coefficient (Wildman–Crippen LogP) is 3.05. The Morgan fingerprint density at radius 1 is 1.15 bits per heavy atom. The minimum atomic E-state index is -0.116. The molecule has 0 aliphatic heterocycles. The molecule has 0 saturated carbocycles. The summed E-state index contributed by atoms with van der Waals surface area (Å²) in [7, 11) is 0. The van der Waals surface area contributed by atoms with E-state index in [9.17, 15) is 4.79 Å². The van der Waals surface area contributed by atoms with Gasteiger partial charge in [0.15, 0.2) is 0 Å². The van der Waals surface area contributed by atoms with E-state index < -0.39 is 0 Å². The summed E-state index contributed by atoms with van der Waals surface area (Å²) >= 11 is 0. The maximum absolute atomic E-state index is 12.5. The van der Waals surface area contributed by atoms with Crippen LogP contribution in [0.2, 0.25) is 0 Å². The highest BCUT2D eigenvalue weighted by Gasteiger charge is 2.11. The largest absolute Gasteiger partial charge is 0.351 e. The van der Waals surface area contributed by atoms with Crippen molar-refractivity contribution in [2.24, 2.45) is 0 Å². The first-order valence-corrected chi connectivity index (χ1v) is 8.46. The third-order valence-corrected chi connectivity index (χ3v) is 4.38. The van der Waals surface area contributed by atoms with E-state index in [1.165, 1.54) is 6.33 Å². The van der Waals surface area contributed by atoms with Gasteiger partial charge < -0.3 is 10.3 Å². The molecule has 0 atom stereocenters. The normalized spacial score (nSPS) is 11.0. The van der Waals surface area contributed by atoms with Crippen LogP contribution in [0.1, 0.15) is 27.2 Å². The number of carbonyl (C=O) groups excluding carboxylic acids is 1. The van der Waals surface area contributed by atoms with Gasteiger partial charge in [-0.25, -0.2) is 9.67 Å². The molecule has 0 saturated heterocycles. The lowest BCUT2D eigenvalue weighted by molar-refractivity contribution is 0.0946. The SMILES string of the molecule is Cc1ccc2cc(C(=O)NCc3ccccc3Cn3cncn3)[nH]c2c1. The number of rotatable bonds is 5. The quantitative estimate of drug-likeness (QED) is 0.584. The molecule has 2 heterocycles. The fraction of sp³-hybridized carbons (Fsp3) is 0.150. The molecular formula is C20H19N5O. The molecule has 2 aromatic carbocycles. The van der Waals surface area contributed by atoms with E-state index in [4.69, 9.17) is 0 Å². The Balaban J connectivity index is 1.48. The van der Waals surface area contributed by atoms with Gasteiger partial charge in [0.1, 0.15) is 18.3 Å². The number of aromatic amines is 1. The Morgan fingerprint density at radius 2 is 2.00 bits per heavy atom. The van der Waals surface area contributed by atoms with Crippen LogP contribution in [0, 0.1) is 6.92 Å². The molecule has 0 unspecified atom stereocenters. The molecule has 0 aliphatic carbocycles. The molecule has 26 heavy (non-hydrogen) atoms. The minimum absolute atomic E-state index is 0.116. The van der Waals surface area contributed by atoms with Crippen LogP contribution >= 0.6 is 0 Å². The van der Waals surface area contributed by atoms with Crippen LogP contribution in [-0.4, -0.2) is 25.7 Å². The fourth-order valence-electron chi connectivity index (χ4n) is 3.01. The van der Waals surface area contributed by atoms with Gasteiger partial charge in [-0.2, -0.15) is 5.10 Å². The van der Waals surface area contributed by atoms with Crippen molar-refractivity contribution in [3.8, 4) is 0 Å². The number of H-pyrrole nitrogens is 1. The number of aromatic nitrogens is 4. The Kier molecular flexibility index (Phi) is 4.23. The van der Waals surface area contributed by atoms with Crippen LogP contribution in [0.5, 0.6) is 0 Å². The van der Waals surface area contributed by atoms with Crippen LogP contribution < -0.4 is 5.32 Å². The zero-order valence-corrected chi connectivity index (χ0v) is 14.4. The molecule has 6 heteroatoms. The highest BCUT2D eigenvalue weighted by atomic mass is 16.1. The first kappa shape index (κ1) is 16.1. The van der Waals surface area contributed by atoms with Gasteiger partial charge >= 0.3 is 0 Å². The van der Waals surface area contributed by atoms with E-state index in [1.807, 2.05) is 55.5 Å². The summed E-state index contributed by atoms with van der Waals surface area (Å²) in [5.41, 5.74) is 4.86. The van der Waals surface area contributed by atoms with Gasteiger partial charge in [-0.1, -0.05) is 36.4 Å². The first-order chi connectivity index (χ1) is 12.7. The van der Waals surface area contributed by atoms with E-state index in [1.54, 1.807) is 11.0 Å². The van der Waals surface area contributed by atoms with Crippen molar-refractivity contribution < 1.29 is 4.79 Å². The van der Waals surface area contributed by atoms with Crippen LogP contribution in [-0.2, 0) is 13.1 Å². The van der Waals surface area contributed by atoms with Crippen LogP contribution in [0.25, 0.3) is 10.9 Å². The van der Waals surface area contributed by atoms with Gasteiger partial charge in [0, 0.05) is 17.4 Å². The smallest absolute Gasteiger partial charge is 0.267 e. The number of benzene rings is 2. The summed E-state index contributed by atoms with van der Waals surface area (Å²) in [6.45, 7) is 3.11. The summed E-state index contributed by atoms with van der Waals surface area (Å²) in [6, 6.07) is 16.0. The summed E-state index contributed by atoms with van der Waals surface area (Å²) in [5, 5.41) is 8.17. The van der Waals surface area contributed by atoms with Crippen molar-refractivity contribution >= 4 is 16.8 Å². The lowest BCUT2D eigenvalue weighted by atomic mass is 10.1. The molecule has 0 aliphatic rings. The van der Waals surface area contributed by atoms with Crippen molar-refractivity contribution in [2.45, 2.75) is 20.0 Å². The van der Waals surface area contributed by atoms with Gasteiger partial charge in [-0.3, -0.25) is 4.79 Å². The van der Waals surface area contributed by atoms with E-state index >= 15 is 0 Å². The molecule has 130 valence electrons. The molecule has 2 N–H and O–H groups in total. The first-order valence-electron chi connectivity index (χ1n) is 8.46. The van der Waals surface area contributed by atoms with Crippen molar-refractivity contribution in [2.75, 3.05) is 0 Å². The second-order valence-electron chi connectivity index (χ2n) is 6.32. The second kappa shape index (κ2) is 6.84. The fourth-order valence-corrected chi connectivity index (χ4v) is 3.01. The van der Waals surface area contributed by atoms with E-state index in [0.29, 0.717) is 18.8 Å². The molecule has 0 bridgehead atoms. The maximum atomic E-state index is 12.5. The highest BCUT2D eigenvalue weighted by molar-refractivity contribution is 5.98. The van der Waals surface area contributed by atoms with Crippen molar-refractivity contribution in [3.05, 3.63) is 83.6 Å². The summed E-state index contributed by atoms with van der Waals surface area (Å²) < 4.78 is 1.76. The van der Waals surface area contributed by atoms with E-state index in [0.717, 1.165) is 27.6 Å². The Bertz CT molecular complexity index is 1050. The van der Waals surface area contributed by atoms with Gasteiger partial charge in [-0.05, 0) is 35.7 Å². The number of hydrogen-bond donors (Lipinski definition) is 2. The monoisotopic (exact) mass is 345 g/mol. The minimum Gasteiger partial charge on any atom is -0.351 e. The average Bonchev–Trinajstić information content (AvgIpc) is 3.30. The molecule has 1 amide bonds. The lowest BCUT2D eigenvalue weighted by Gasteiger charge is -2.10. The molecule has 0 radical (unpaired) electrons. The van der Waals surface area contributed by atoms with Gasteiger partial charge in [-0.15, -0.1) is 0 Å². The Hall–Kier alpha value is -3.41. The number of nitrogens with zero attached hydrogens (tertiary/aromatic N) is 3. The third-order valence-electron chi connectivity index (χ3n) is 4.38. The number of aryl methyl sites for hydroxylation is 1. The number of carbonyl (C=O) groups is 1. The number of nitrogens with one attached hydrogen (secondary N) is 2. The van der Waals surface area contributed by atoms with Crippen LogP contribution in [0.15, 0.2) is 61.2 Å². The molecule has 4 rings (SSSR count). The van der Waals surface area contributed by atoms with Crippen molar-refractivity contribution in [3.63, 3.8) is 0 Å². The second-order valence-corrected chi connectivity index (χ2v) is 6.32. The Morgan fingerprint density at radius 3 is 2.81 bits per heavy atom. The van der Waals surface area contributed by atoms with Crippen LogP contribution in [0.4, 0.5) is 0 Å². The van der Waals surface area contributed by atoms with E-state index in [-0.39, 0.29) is 5.91 Å². The molecule has 6 nitrogen and oxygen atoms in total. The summed E-state index contributed by atoms with van der Waals surface area (Å²) in [6.07, 6.45) is 3.20. The lowest BCUT2D eigenvalue weighted by Crippen LogP contribution is -2.24. The maximum Gasteiger partial charge on any atom is 0.267 e. The zero-order chi connectivity index (χ0) is 17.9. The number of fused-ring (bicyclic) bond motifs is 1. The molecule has 4 aromatic rings. The summed E-state index contributed by atoms with van der Waals surface area (Å²) in [4.78, 5) is 19.7. The topological polar surface area (TPSA) is 75.6 Å². The van der Waals surface area contributed by atoms with Gasteiger partial charge in [0.2, 0.25) is 0 Å². The molecule has 0 spiro atoms. The predicted molar refractivity (Wildman–Crippen MR) is 99.8 cm³/mol. The van der Waals surface area contributed by atoms with Crippen molar-refractivity contribution in [1.29, 1.82) is 0 Å². The van der Waals surface area contributed by atoms with Crippen molar-refractivity contribution in [1.82, 2.24) is 25.1 Å². The zero-order valence-electron chi connectivity index (χ0n) is 14.4. The molecule has 2 aromatic heterocycles. The standard InChI is InChI=1S/C20H19N5O/c1-14-6-7-15-9-19(24-18(15)8-14)20(26)22-10-16-4-2-3-5-17(16)11-25-13-21-12-23-25/h2-9,12-13,24H,10-11H2,1H3,(H,22,26). The number of amides is 1. The molecule has 0 fully saturated rings. The summed E-state index contributed by atoms with van der Waals surface area (Å²) in [5.74, 6) is -0.116. The number of hydrogen-bond acceptors (Lipinski definition) is 3.